The van der Waals surface area contributed by atoms with E-state index in [1.165, 1.54) is 6.20 Å². The molecule has 1 N–H and O–H groups in total. The summed E-state index contributed by atoms with van der Waals surface area (Å²) in [5.41, 5.74) is 0.115. The summed E-state index contributed by atoms with van der Waals surface area (Å²) in [5.74, 6) is 1.15. The molecule has 1 rings (SSSR count). The molecule has 0 fully saturated rings. The van der Waals surface area contributed by atoms with Crippen LogP contribution in [0.2, 0.25) is 0 Å². The number of methoxy groups -OCH3 is 1. The zero-order chi connectivity index (χ0) is 14.5. The Balaban J connectivity index is 2.93. The fourth-order valence-corrected chi connectivity index (χ4v) is 1.58. The predicted molar refractivity (Wildman–Crippen MR) is 75.9 cm³/mol. The van der Waals surface area contributed by atoms with Crippen LogP contribution in [-0.2, 0) is 10.2 Å². The number of carbonyl (C=O) groups is 1. The molecule has 0 radical (unpaired) electrons. The Morgan fingerprint density at radius 1 is 1.47 bits per heavy atom. The van der Waals surface area contributed by atoms with E-state index in [4.69, 9.17) is 16.3 Å². The first kappa shape index (κ1) is 15.9. The SMILES string of the molecule is COCCCNc1nc(C(C)(C)C)ncc1C(=O)Cl. The molecule has 0 bridgehead atoms. The first-order valence-corrected chi connectivity index (χ1v) is 6.54. The van der Waals surface area contributed by atoms with E-state index in [0.717, 1.165) is 6.42 Å². The summed E-state index contributed by atoms with van der Waals surface area (Å²) in [4.78, 5) is 19.9. The minimum absolute atomic E-state index is 0.184. The van der Waals surface area contributed by atoms with Gasteiger partial charge in [-0.05, 0) is 18.0 Å². The second kappa shape index (κ2) is 6.82. The van der Waals surface area contributed by atoms with Crippen molar-refractivity contribution in [1.82, 2.24) is 9.97 Å². The Morgan fingerprint density at radius 3 is 2.68 bits per heavy atom. The maximum Gasteiger partial charge on any atom is 0.257 e. The van der Waals surface area contributed by atoms with Gasteiger partial charge in [0.1, 0.15) is 11.6 Å². The molecule has 1 aromatic rings. The highest BCUT2D eigenvalue weighted by atomic mass is 35.5. The molecule has 5 nitrogen and oxygen atoms in total. The molecule has 0 spiro atoms. The van der Waals surface area contributed by atoms with E-state index in [-0.39, 0.29) is 5.41 Å². The molecule has 19 heavy (non-hydrogen) atoms. The van der Waals surface area contributed by atoms with Gasteiger partial charge in [0.15, 0.2) is 0 Å². The Labute approximate surface area is 118 Å². The largest absolute Gasteiger partial charge is 0.385 e. The van der Waals surface area contributed by atoms with Gasteiger partial charge in [0.2, 0.25) is 0 Å². The number of aromatic nitrogens is 2. The lowest BCUT2D eigenvalue weighted by molar-refractivity contribution is 0.108. The average molecular weight is 286 g/mol. The Kier molecular flexibility index (Phi) is 5.69. The van der Waals surface area contributed by atoms with Gasteiger partial charge in [0.25, 0.3) is 5.24 Å². The van der Waals surface area contributed by atoms with Crippen LogP contribution in [-0.4, -0.2) is 35.5 Å². The highest BCUT2D eigenvalue weighted by molar-refractivity contribution is 6.68. The Morgan fingerprint density at radius 2 is 2.16 bits per heavy atom. The molecular formula is C13H20ClN3O2. The standard InChI is InChI=1S/C13H20ClN3O2/c1-13(2,3)12-16-8-9(10(14)18)11(17-12)15-6-5-7-19-4/h8H,5-7H2,1-4H3,(H,15,16,17). The third kappa shape index (κ3) is 4.76. The van der Waals surface area contributed by atoms with E-state index < -0.39 is 5.24 Å². The molecule has 6 heteroatoms. The van der Waals surface area contributed by atoms with E-state index in [9.17, 15) is 4.79 Å². The van der Waals surface area contributed by atoms with Crippen molar-refractivity contribution in [2.45, 2.75) is 32.6 Å². The normalized spacial score (nSPS) is 11.4. The molecule has 1 heterocycles. The highest BCUT2D eigenvalue weighted by Gasteiger charge is 2.20. The van der Waals surface area contributed by atoms with Crippen molar-refractivity contribution >= 4 is 22.7 Å². The molecule has 0 amide bonds. The molecule has 0 atom stereocenters. The number of rotatable bonds is 6. The molecule has 106 valence electrons. The molecule has 0 aliphatic carbocycles. The number of hydrogen-bond donors (Lipinski definition) is 1. The smallest absolute Gasteiger partial charge is 0.257 e. The van der Waals surface area contributed by atoms with Gasteiger partial charge in [-0.25, -0.2) is 9.97 Å². The van der Waals surface area contributed by atoms with Crippen molar-refractivity contribution < 1.29 is 9.53 Å². The van der Waals surface area contributed by atoms with E-state index in [0.29, 0.717) is 30.4 Å². The number of nitrogens with one attached hydrogen (secondary N) is 1. The molecule has 1 aromatic heterocycles. The Hall–Kier alpha value is -1.20. The van der Waals surface area contributed by atoms with Gasteiger partial charge >= 0.3 is 0 Å². The quantitative estimate of drug-likeness (QED) is 0.643. The highest BCUT2D eigenvalue weighted by Crippen LogP contribution is 2.22. The molecule has 0 aliphatic heterocycles. The second-order valence-corrected chi connectivity index (χ2v) is 5.60. The van der Waals surface area contributed by atoms with Gasteiger partial charge < -0.3 is 10.1 Å². The molecule has 0 aliphatic rings. The second-order valence-electron chi connectivity index (χ2n) is 5.25. The maximum absolute atomic E-state index is 11.3. The summed E-state index contributed by atoms with van der Waals surface area (Å²) in [6, 6.07) is 0. The minimum atomic E-state index is -0.560. The van der Waals surface area contributed by atoms with E-state index in [2.05, 4.69) is 15.3 Å². The van der Waals surface area contributed by atoms with Gasteiger partial charge in [-0.3, -0.25) is 4.79 Å². The lowest BCUT2D eigenvalue weighted by Gasteiger charge is -2.18. The van der Waals surface area contributed by atoms with Crippen molar-refractivity contribution in [1.29, 1.82) is 0 Å². The molecule has 0 aromatic carbocycles. The van der Waals surface area contributed by atoms with Crippen LogP contribution < -0.4 is 5.32 Å². The third-order valence-corrected chi connectivity index (χ3v) is 2.69. The van der Waals surface area contributed by atoms with Crippen LogP contribution in [0.5, 0.6) is 0 Å². The zero-order valence-electron chi connectivity index (χ0n) is 11.8. The summed E-state index contributed by atoms with van der Waals surface area (Å²) in [5, 5.41) is 2.55. The van der Waals surface area contributed by atoms with Crippen LogP contribution in [0, 0.1) is 0 Å². The first-order chi connectivity index (χ1) is 8.86. The predicted octanol–water partition coefficient (Wildman–Crippen LogP) is 2.60. The van der Waals surface area contributed by atoms with Gasteiger partial charge in [-0.1, -0.05) is 20.8 Å². The Bertz CT molecular complexity index is 444. The first-order valence-electron chi connectivity index (χ1n) is 6.16. The van der Waals surface area contributed by atoms with Crippen molar-refractivity contribution in [2.24, 2.45) is 0 Å². The summed E-state index contributed by atoms with van der Waals surface area (Å²) in [6.07, 6.45) is 2.29. The summed E-state index contributed by atoms with van der Waals surface area (Å²) in [7, 11) is 1.65. The van der Waals surface area contributed by atoms with Crippen molar-refractivity contribution in [3.63, 3.8) is 0 Å². The minimum Gasteiger partial charge on any atom is -0.385 e. The number of ether oxygens (including phenoxy) is 1. The van der Waals surface area contributed by atoms with Crippen molar-refractivity contribution in [3.8, 4) is 0 Å². The molecule has 0 saturated carbocycles. The molecule has 0 unspecified atom stereocenters. The topological polar surface area (TPSA) is 64.1 Å². The van der Waals surface area contributed by atoms with Crippen molar-refractivity contribution in [2.75, 3.05) is 25.6 Å². The van der Waals surface area contributed by atoms with Crippen LogP contribution >= 0.6 is 11.6 Å². The van der Waals surface area contributed by atoms with Gasteiger partial charge in [-0.15, -0.1) is 0 Å². The summed E-state index contributed by atoms with van der Waals surface area (Å²) in [6.45, 7) is 7.34. The number of halogens is 1. The fraction of sp³-hybridized carbons (Fsp3) is 0.615. The average Bonchev–Trinajstić information content (AvgIpc) is 2.33. The lowest BCUT2D eigenvalue weighted by Crippen LogP contribution is -2.19. The molecular weight excluding hydrogens is 266 g/mol. The fourth-order valence-electron chi connectivity index (χ4n) is 1.45. The summed E-state index contributed by atoms with van der Waals surface area (Å²) >= 11 is 5.53. The van der Waals surface area contributed by atoms with Crippen molar-refractivity contribution in [3.05, 3.63) is 17.6 Å². The molecule has 0 saturated heterocycles. The zero-order valence-corrected chi connectivity index (χ0v) is 12.5. The van der Waals surface area contributed by atoms with E-state index >= 15 is 0 Å². The van der Waals surface area contributed by atoms with Gasteiger partial charge in [-0.2, -0.15) is 0 Å². The number of anilines is 1. The van der Waals surface area contributed by atoms with Crippen LogP contribution in [0.3, 0.4) is 0 Å². The monoisotopic (exact) mass is 285 g/mol. The number of nitrogens with zero attached hydrogens (tertiary/aromatic N) is 2. The van der Waals surface area contributed by atoms with Gasteiger partial charge in [0, 0.05) is 31.9 Å². The van der Waals surface area contributed by atoms with Crippen LogP contribution in [0.4, 0.5) is 5.82 Å². The maximum atomic E-state index is 11.3. The number of hydrogen-bond acceptors (Lipinski definition) is 5. The van der Waals surface area contributed by atoms with Crippen LogP contribution in [0.15, 0.2) is 6.20 Å². The van der Waals surface area contributed by atoms with E-state index in [1.807, 2.05) is 20.8 Å². The third-order valence-electron chi connectivity index (χ3n) is 2.49. The van der Waals surface area contributed by atoms with Crippen LogP contribution in [0.1, 0.15) is 43.4 Å². The lowest BCUT2D eigenvalue weighted by atomic mass is 9.95. The summed E-state index contributed by atoms with van der Waals surface area (Å²) < 4.78 is 4.97. The van der Waals surface area contributed by atoms with Crippen LogP contribution in [0.25, 0.3) is 0 Å². The number of carbonyl (C=O) groups excluding carboxylic acids is 1. The van der Waals surface area contributed by atoms with E-state index in [1.54, 1.807) is 7.11 Å². The van der Waals surface area contributed by atoms with Gasteiger partial charge in [0.05, 0.1) is 5.56 Å².